The Morgan fingerprint density at radius 1 is 1.53 bits per heavy atom. The fourth-order valence-corrected chi connectivity index (χ4v) is 2.55. The molecule has 1 aromatic heterocycles. The van der Waals surface area contributed by atoms with Gasteiger partial charge in [0.25, 0.3) is 5.91 Å². The summed E-state index contributed by atoms with van der Waals surface area (Å²) >= 11 is 0. The van der Waals surface area contributed by atoms with Gasteiger partial charge < -0.3 is 11.1 Å². The van der Waals surface area contributed by atoms with Crippen LogP contribution in [0.5, 0.6) is 0 Å². The van der Waals surface area contributed by atoms with Gasteiger partial charge in [-0.1, -0.05) is 0 Å². The molecule has 1 atom stereocenters. The van der Waals surface area contributed by atoms with E-state index in [-0.39, 0.29) is 11.6 Å². The van der Waals surface area contributed by atoms with E-state index in [9.17, 15) is 9.18 Å². The van der Waals surface area contributed by atoms with Gasteiger partial charge in [-0.25, -0.2) is 4.39 Å². The number of nitrogens with zero attached hydrogens (tertiary/aromatic N) is 2. The summed E-state index contributed by atoms with van der Waals surface area (Å²) in [5.74, 6) is -1.13. The minimum absolute atomic E-state index is 0.137. The molecule has 19 heavy (non-hydrogen) atoms. The van der Waals surface area contributed by atoms with Gasteiger partial charge in [-0.2, -0.15) is 5.10 Å². The minimum atomic E-state index is -0.656. The van der Waals surface area contributed by atoms with E-state index in [0.717, 1.165) is 32.0 Å². The second kappa shape index (κ2) is 4.62. The molecule has 0 bridgehead atoms. The Morgan fingerprint density at radius 2 is 2.37 bits per heavy atom. The molecule has 0 aliphatic carbocycles. The fraction of sp³-hybridized carbons (Fsp3) is 0.385. The van der Waals surface area contributed by atoms with Crippen molar-refractivity contribution in [1.82, 2.24) is 15.1 Å². The molecule has 1 amide bonds. The van der Waals surface area contributed by atoms with Crippen molar-refractivity contribution in [2.24, 2.45) is 5.73 Å². The van der Waals surface area contributed by atoms with Crippen LogP contribution in [0.3, 0.4) is 0 Å². The van der Waals surface area contributed by atoms with Gasteiger partial charge in [0.1, 0.15) is 11.3 Å². The number of fused-ring (bicyclic) bond motifs is 1. The third-order valence-electron chi connectivity index (χ3n) is 3.50. The predicted molar refractivity (Wildman–Crippen MR) is 69.3 cm³/mol. The number of nitrogens with one attached hydrogen (secondary N) is 1. The van der Waals surface area contributed by atoms with Crippen molar-refractivity contribution in [2.75, 3.05) is 13.1 Å². The third-order valence-corrected chi connectivity index (χ3v) is 3.50. The molecule has 1 aliphatic heterocycles. The maximum absolute atomic E-state index is 13.5. The highest BCUT2D eigenvalue weighted by molar-refractivity contribution is 6.04. The summed E-state index contributed by atoms with van der Waals surface area (Å²) < 4.78 is 15.3. The summed E-state index contributed by atoms with van der Waals surface area (Å²) in [6.45, 7) is 1.85. The smallest absolute Gasteiger partial charge is 0.251 e. The highest BCUT2D eigenvalue weighted by Gasteiger charge is 2.18. The van der Waals surface area contributed by atoms with Crippen LogP contribution in [-0.4, -0.2) is 28.8 Å². The number of hydrogen-bond acceptors (Lipinski definition) is 3. The molecule has 100 valence electrons. The van der Waals surface area contributed by atoms with E-state index < -0.39 is 11.7 Å². The Balaban J connectivity index is 2.09. The predicted octanol–water partition coefficient (Wildman–Crippen LogP) is 1.20. The number of piperidine rings is 1. The highest BCUT2D eigenvalue weighted by Crippen LogP contribution is 2.23. The van der Waals surface area contributed by atoms with Crippen molar-refractivity contribution >= 4 is 16.8 Å². The van der Waals surface area contributed by atoms with E-state index in [2.05, 4.69) is 10.4 Å². The lowest BCUT2D eigenvalue weighted by Gasteiger charge is -2.22. The number of benzene rings is 1. The maximum atomic E-state index is 13.5. The minimum Gasteiger partial charge on any atom is -0.366 e. The summed E-state index contributed by atoms with van der Waals surface area (Å²) in [6, 6.07) is 2.76. The van der Waals surface area contributed by atoms with Gasteiger partial charge in [-0.05, 0) is 31.5 Å². The number of halogens is 1. The zero-order valence-electron chi connectivity index (χ0n) is 10.4. The maximum Gasteiger partial charge on any atom is 0.251 e. The van der Waals surface area contributed by atoms with Crippen molar-refractivity contribution in [1.29, 1.82) is 0 Å². The molecule has 3 N–H and O–H groups in total. The number of carbonyl (C=O) groups is 1. The highest BCUT2D eigenvalue weighted by atomic mass is 19.1. The quantitative estimate of drug-likeness (QED) is 0.854. The van der Waals surface area contributed by atoms with Crippen LogP contribution >= 0.6 is 0 Å². The van der Waals surface area contributed by atoms with Crippen LogP contribution in [-0.2, 0) is 0 Å². The standard InChI is InChI=1S/C13H15FN4O/c14-9-4-8-7-18(10-2-1-3-16-6-10)17-12(8)11(5-9)13(15)19/h4-5,7,10,16H,1-3,6H2,(H2,15,19). The van der Waals surface area contributed by atoms with Gasteiger partial charge in [0.2, 0.25) is 0 Å². The molecule has 2 aromatic rings. The first-order valence-corrected chi connectivity index (χ1v) is 6.34. The van der Waals surface area contributed by atoms with Crippen LogP contribution in [0.25, 0.3) is 10.9 Å². The average Bonchev–Trinajstić information content (AvgIpc) is 2.82. The molecule has 0 radical (unpaired) electrons. The molecular weight excluding hydrogens is 247 g/mol. The molecule has 6 heteroatoms. The topological polar surface area (TPSA) is 72.9 Å². The molecule has 1 fully saturated rings. The zero-order chi connectivity index (χ0) is 13.4. The summed E-state index contributed by atoms with van der Waals surface area (Å²) in [5.41, 5.74) is 5.88. The summed E-state index contributed by atoms with van der Waals surface area (Å²) in [5, 5.41) is 8.32. The lowest BCUT2D eigenvalue weighted by atomic mass is 10.1. The Bertz CT molecular complexity index is 631. The normalized spacial score (nSPS) is 19.7. The van der Waals surface area contributed by atoms with E-state index in [1.165, 1.54) is 6.07 Å². The van der Waals surface area contributed by atoms with Crippen molar-refractivity contribution < 1.29 is 9.18 Å². The monoisotopic (exact) mass is 262 g/mol. The largest absolute Gasteiger partial charge is 0.366 e. The van der Waals surface area contributed by atoms with Gasteiger partial charge in [0.15, 0.2) is 0 Å². The van der Waals surface area contributed by atoms with Gasteiger partial charge in [0, 0.05) is 18.1 Å². The molecule has 1 unspecified atom stereocenters. The summed E-state index contributed by atoms with van der Waals surface area (Å²) in [4.78, 5) is 11.3. The fourth-order valence-electron chi connectivity index (χ4n) is 2.55. The molecule has 5 nitrogen and oxygen atoms in total. The number of carbonyl (C=O) groups excluding carboxylic acids is 1. The zero-order valence-corrected chi connectivity index (χ0v) is 10.4. The summed E-state index contributed by atoms with van der Waals surface area (Å²) in [7, 11) is 0. The van der Waals surface area contributed by atoms with E-state index >= 15 is 0 Å². The first-order chi connectivity index (χ1) is 9.15. The van der Waals surface area contributed by atoms with Gasteiger partial charge in [-0.15, -0.1) is 0 Å². The Labute approximate surface area is 109 Å². The molecule has 0 saturated carbocycles. The lowest BCUT2D eigenvalue weighted by Crippen LogP contribution is -2.31. The summed E-state index contributed by atoms with van der Waals surface area (Å²) in [6.07, 6.45) is 3.88. The van der Waals surface area contributed by atoms with Crippen LogP contribution < -0.4 is 11.1 Å². The van der Waals surface area contributed by atoms with Crippen molar-refractivity contribution in [2.45, 2.75) is 18.9 Å². The van der Waals surface area contributed by atoms with Gasteiger partial charge >= 0.3 is 0 Å². The van der Waals surface area contributed by atoms with Crippen LogP contribution in [0.15, 0.2) is 18.3 Å². The number of primary amides is 1. The second-order valence-electron chi connectivity index (χ2n) is 4.86. The van der Waals surface area contributed by atoms with Crippen molar-refractivity contribution in [3.05, 3.63) is 29.7 Å². The van der Waals surface area contributed by atoms with Gasteiger partial charge in [0.05, 0.1) is 11.6 Å². The molecule has 3 rings (SSSR count). The molecule has 1 aliphatic rings. The van der Waals surface area contributed by atoms with Crippen molar-refractivity contribution in [3.8, 4) is 0 Å². The number of rotatable bonds is 2. The lowest BCUT2D eigenvalue weighted by molar-refractivity contribution is 0.100. The number of aromatic nitrogens is 2. The van der Waals surface area contributed by atoms with Crippen LogP contribution in [0.2, 0.25) is 0 Å². The van der Waals surface area contributed by atoms with Gasteiger partial charge in [-0.3, -0.25) is 9.48 Å². The van der Waals surface area contributed by atoms with Crippen molar-refractivity contribution in [3.63, 3.8) is 0 Å². The first kappa shape index (κ1) is 12.1. The Morgan fingerprint density at radius 3 is 3.05 bits per heavy atom. The first-order valence-electron chi connectivity index (χ1n) is 6.34. The van der Waals surface area contributed by atoms with Crippen LogP contribution in [0, 0.1) is 5.82 Å². The third kappa shape index (κ3) is 2.19. The SMILES string of the molecule is NC(=O)c1cc(F)cc2cn(C3CCCNC3)nc12. The van der Waals surface area contributed by atoms with Crippen LogP contribution in [0.1, 0.15) is 29.2 Å². The van der Waals surface area contributed by atoms with E-state index in [4.69, 9.17) is 5.73 Å². The molecule has 0 spiro atoms. The Hall–Kier alpha value is -1.95. The number of hydrogen-bond donors (Lipinski definition) is 2. The molecular formula is C13H15FN4O. The van der Waals surface area contributed by atoms with E-state index in [0.29, 0.717) is 10.9 Å². The number of nitrogens with two attached hydrogens (primary N) is 1. The molecule has 1 saturated heterocycles. The van der Waals surface area contributed by atoms with E-state index in [1.807, 2.05) is 4.68 Å². The molecule has 2 heterocycles. The van der Waals surface area contributed by atoms with Crippen LogP contribution in [0.4, 0.5) is 4.39 Å². The van der Waals surface area contributed by atoms with E-state index in [1.54, 1.807) is 6.20 Å². The Kier molecular flexibility index (Phi) is 2.94. The number of amides is 1. The molecule has 1 aromatic carbocycles. The second-order valence-corrected chi connectivity index (χ2v) is 4.86. The average molecular weight is 262 g/mol.